The first-order valence-corrected chi connectivity index (χ1v) is 8.77. The topological polar surface area (TPSA) is 90.2 Å². The molecule has 2 aliphatic rings. The molecule has 1 aliphatic carbocycles. The summed E-state index contributed by atoms with van der Waals surface area (Å²) < 4.78 is 37.8. The Hall–Kier alpha value is -1.84. The number of nitrogens with zero attached hydrogens (tertiary/aromatic N) is 1. The Morgan fingerprint density at radius 3 is 2.56 bits per heavy atom. The summed E-state index contributed by atoms with van der Waals surface area (Å²) in [6.45, 7) is 4.09. The number of carboxylic acid groups (broad SMARTS) is 1. The highest BCUT2D eigenvalue weighted by Crippen LogP contribution is 2.34. The number of phenols is 1. The van der Waals surface area contributed by atoms with Crippen LogP contribution in [0.5, 0.6) is 5.75 Å². The molecule has 0 aromatic heterocycles. The van der Waals surface area contributed by atoms with Gasteiger partial charge in [0.05, 0.1) is 18.8 Å². The number of aliphatic hydroxyl groups excluding tert-OH is 1. The lowest BCUT2D eigenvalue weighted by Gasteiger charge is -2.47. The Balaban J connectivity index is 0.000000321. The standard InChI is InChI=1S/C16H23NO3.C2HF3O2/c1-2-6-17-9-12(10-18)20-16-8-13-11(7-14(16)17)4-3-5-15(13)19;3-2(4,5)1(6)7/h3-5,12,14,16,18-19H,2,6-10H2,1H3;(H,6,7)/t12-,14+,16+;/m0./s1. The summed E-state index contributed by atoms with van der Waals surface area (Å²) in [6.07, 6.45) is -2.34. The summed E-state index contributed by atoms with van der Waals surface area (Å²) in [6, 6.07) is 6.13. The maximum Gasteiger partial charge on any atom is 0.490 e. The molecule has 1 aliphatic heterocycles. The van der Waals surface area contributed by atoms with E-state index in [4.69, 9.17) is 14.6 Å². The van der Waals surface area contributed by atoms with E-state index in [2.05, 4.69) is 17.9 Å². The van der Waals surface area contributed by atoms with Gasteiger partial charge in [0.25, 0.3) is 0 Å². The van der Waals surface area contributed by atoms with E-state index in [1.165, 1.54) is 5.56 Å². The van der Waals surface area contributed by atoms with Crippen LogP contribution >= 0.6 is 0 Å². The van der Waals surface area contributed by atoms with Crippen LogP contribution in [0.4, 0.5) is 13.2 Å². The van der Waals surface area contributed by atoms with Crippen molar-refractivity contribution < 1.29 is 38.0 Å². The van der Waals surface area contributed by atoms with E-state index in [1.807, 2.05) is 6.07 Å². The van der Waals surface area contributed by atoms with Crippen molar-refractivity contribution in [2.45, 2.75) is 50.6 Å². The summed E-state index contributed by atoms with van der Waals surface area (Å²) in [7, 11) is 0. The minimum atomic E-state index is -5.08. The number of aromatic hydroxyl groups is 1. The zero-order valence-corrected chi connectivity index (χ0v) is 14.9. The molecule has 1 fully saturated rings. The number of ether oxygens (including phenoxy) is 1. The molecule has 1 aromatic rings. The zero-order valence-electron chi connectivity index (χ0n) is 14.9. The third-order valence-electron chi connectivity index (χ3n) is 4.74. The second kappa shape index (κ2) is 8.90. The highest BCUT2D eigenvalue weighted by molar-refractivity contribution is 5.73. The number of hydrogen-bond acceptors (Lipinski definition) is 5. The molecule has 3 atom stereocenters. The van der Waals surface area contributed by atoms with E-state index < -0.39 is 12.1 Å². The van der Waals surface area contributed by atoms with Crippen molar-refractivity contribution in [3.8, 4) is 5.75 Å². The van der Waals surface area contributed by atoms with Gasteiger partial charge < -0.3 is 20.1 Å². The molecule has 0 amide bonds. The Morgan fingerprint density at radius 2 is 2.00 bits per heavy atom. The number of halogens is 3. The molecule has 0 saturated carbocycles. The Labute approximate surface area is 155 Å². The number of alkyl halides is 3. The number of aliphatic carboxylic acids is 1. The lowest BCUT2D eigenvalue weighted by atomic mass is 9.83. The molecular formula is C18H24F3NO5. The first-order valence-electron chi connectivity index (χ1n) is 8.77. The predicted molar refractivity (Wildman–Crippen MR) is 90.6 cm³/mol. The molecule has 152 valence electrons. The quantitative estimate of drug-likeness (QED) is 0.730. The number of phenolic OH excluding ortho intramolecular Hbond substituents is 1. The van der Waals surface area contributed by atoms with Crippen LogP contribution < -0.4 is 0 Å². The van der Waals surface area contributed by atoms with Gasteiger partial charge in [-0.15, -0.1) is 0 Å². The molecule has 1 heterocycles. The van der Waals surface area contributed by atoms with Crippen molar-refractivity contribution in [1.29, 1.82) is 0 Å². The first kappa shape index (κ1) is 21.5. The average molecular weight is 391 g/mol. The number of carbonyl (C=O) groups is 1. The Bertz CT molecular complexity index is 652. The van der Waals surface area contributed by atoms with Gasteiger partial charge in [-0.05, 0) is 36.6 Å². The number of morpholine rings is 1. The predicted octanol–water partition coefficient (Wildman–Crippen LogP) is 1.96. The maximum atomic E-state index is 10.6. The van der Waals surface area contributed by atoms with Gasteiger partial charge in [-0.25, -0.2) is 4.79 Å². The number of benzene rings is 1. The number of aliphatic hydroxyl groups is 1. The number of rotatable bonds is 3. The monoisotopic (exact) mass is 391 g/mol. The van der Waals surface area contributed by atoms with Crippen LogP contribution in [0, 0.1) is 0 Å². The highest BCUT2D eigenvalue weighted by Gasteiger charge is 2.40. The molecule has 1 saturated heterocycles. The Morgan fingerprint density at radius 1 is 1.33 bits per heavy atom. The SMILES string of the molecule is CCCN1C[C@@H](CO)O[C@@H]2Cc3c(O)cccc3C[C@H]21.O=C(O)C(F)(F)F. The third kappa shape index (κ3) is 5.33. The van der Waals surface area contributed by atoms with E-state index in [0.717, 1.165) is 37.9 Å². The summed E-state index contributed by atoms with van der Waals surface area (Å²) in [5.41, 5.74) is 2.25. The minimum absolute atomic E-state index is 0.0665. The van der Waals surface area contributed by atoms with Crippen LogP contribution in [0.2, 0.25) is 0 Å². The van der Waals surface area contributed by atoms with Gasteiger partial charge in [0.1, 0.15) is 5.75 Å². The molecule has 3 N–H and O–H groups in total. The maximum absolute atomic E-state index is 10.6. The molecule has 0 spiro atoms. The van der Waals surface area contributed by atoms with Gasteiger partial charge in [0, 0.05) is 19.0 Å². The Kier molecular flexibility index (Phi) is 7.07. The molecule has 6 nitrogen and oxygen atoms in total. The summed E-state index contributed by atoms with van der Waals surface area (Å²) in [5, 5.41) is 26.6. The smallest absolute Gasteiger partial charge is 0.490 e. The van der Waals surface area contributed by atoms with Crippen LogP contribution in [0.25, 0.3) is 0 Å². The van der Waals surface area contributed by atoms with Crippen LogP contribution in [-0.4, -0.2) is 70.3 Å². The van der Waals surface area contributed by atoms with Crippen LogP contribution in [-0.2, 0) is 22.4 Å². The largest absolute Gasteiger partial charge is 0.508 e. The van der Waals surface area contributed by atoms with Crippen LogP contribution in [0.1, 0.15) is 24.5 Å². The zero-order chi connectivity index (χ0) is 20.2. The van der Waals surface area contributed by atoms with Crippen molar-refractivity contribution in [2.75, 3.05) is 19.7 Å². The molecular weight excluding hydrogens is 367 g/mol. The summed E-state index contributed by atoms with van der Waals surface area (Å²) >= 11 is 0. The lowest BCUT2D eigenvalue weighted by molar-refractivity contribution is -0.192. The van der Waals surface area contributed by atoms with Crippen LogP contribution in [0.3, 0.4) is 0 Å². The van der Waals surface area contributed by atoms with E-state index in [0.29, 0.717) is 11.8 Å². The van der Waals surface area contributed by atoms with E-state index >= 15 is 0 Å². The van der Waals surface area contributed by atoms with Gasteiger partial charge in [-0.2, -0.15) is 13.2 Å². The van der Waals surface area contributed by atoms with Gasteiger partial charge in [0.2, 0.25) is 0 Å². The van der Waals surface area contributed by atoms with E-state index in [-0.39, 0.29) is 18.8 Å². The van der Waals surface area contributed by atoms with Crippen molar-refractivity contribution in [3.05, 3.63) is 29.3 Å². The average Bonchev–Trinajstić information content (AvgIpc) is 2.61. The van der Waals surface area contributed by atoms with Crippen LogP contribution in [0.15, 0.2) is 18.2 Å². The third-order valence-corrected chi connectivity index (χ3v) is 4.74. The number of carboxylic acids is 1. The molecule has 9 heteroatoms. The summed E-state index contributed by atoms with van der Waals surface area (Å²) in [4.78, 5) is 11.3. The molecule has 3 rings (SSSR count). The lowest BCUT2D eigenvalue weighted by Crippen LogP contribution is -2.58. The highest BCUT2D eigenvalue weighted by atomic mass is 19.4. The molecule has 0 unspecified atom stereocenters. The summed E-state index contributed by atoms with van der Waals surface area (Å²) in [5.74, 6) is -2.38. The van der Waals surface area contributed by atoms with E-state index in [1.54, 1.807) is 6.07 Å². The molecule has 0 radical (unpaired) electrons. The van der Waals surface area contributed by atoms with Crippen molar-refractivity contribution in [3.63, 3.8) is 0 Å². The fourth-order valence-electron chi connectivity index (χ4n) is 3.58. The van der Waals surface area contributed by atoms with Crippen molar-refractivity contribution in [2.24, 2.45) is 0 Å². The number of fused-ring (bicyclic) bond motifs is 2. The van der Waals surface area contributed by atoms with Crippen molar-refractivity contribution >= 4 is 5.97 Å². The van der Waals surface area contributed by atoms with E-state index in [9.17, 15) is 23.4 Å². The van der Waals surface area contributed by atoms with Crippen molar-refractivity contribution in [1.82, 2.24) is 4.90 Å². The van der Waals surface area contributed by atoms with Gasteiger partial charge in [-0.1, -0.05) is 19.1 Å². The fraction of sp³-hybridized carbons (Fsp3) is 0.611. The first-order chi connectivity index (χ1) is 12.7. The second-order valence-electron chi connectivity index (χ2n) is 6.67. The normalized spacial score (nSPS) is 25.0. The minimum Gasteiger partial charge on any atom is -0.508 e. The van der Waals surface area contributed by atoms with Gasteiger partial charge >= 0.3 is 12.1 Å². The molecule has 1 aromatic carbocycles. The molecule has 0 bridgehead atoms. The van der Waals surface area contributed by atoms with Gasteiger partial charge in [-0.3, -0.25) is 4.90 Å². The fourth-order valence-corrected chi connectivity index (χ4v) is 3.58. The second-order valence-corrected chi connectivity index (χ2v) is 6.67. The van der Waals surface area contributed by atoms with Gasteiger partial charge in [0.15, 0.2) is 0 Å². The number of hydrogen-bond donors (Lipinski definition) is 3. The molecule has 27 heavy (non-hydrogen) atoms.